The van der Waals surface area contributed by atoms with E-state index in [0.29, 0.717) is 11.1 Å². The SMILES string of the molecule is COC(C)COc1c(-c2ccc(S(C)(=O)=O)cc2)cnn(-c2ccc(F)c(F)c2)c1=O. The lowest BCUT2D eigenvalue weighted by atomic mass is 10.1. The van der Waals surface area contributed by atoms with Gasteiger partial charge in [-0.3, -0.25) is 4.79 Å². The van der Waals surface area contributed by atoms with Crippen LogP contribution >= 0.6 is 0 Å². The van der Waals surface area contributed by atoms with E-state index < -0.39 is 27.0 Å². The normalized spacial score (nSPS) is 12.5. The van der Waals surface area contributed by atoms with Crippen LogP contribution in [-0.2, 0) is 14.6 Å². The van der Waals surface area contributed by atoms with Crippen LogP contribution in [0, 0.1) is 11.6 Å². The number of sulfone groups is 1. The second-order valence-corrected chi connectivity index (χ2v) is 8.87. The number of hydrogen-bond acceptors (Lipinski definition) is 6. The van der Waals surface area contributed by atoms with E-state index in [9.17, 15) is 22.0 Å². The Kier molecular flexibility index (Phi) is 6.51. The summed E-state index contributed by atoms with van der Waals surface area (Å²) in [6.45, 7) is 1.79. The summed E-state index contributed by atoms with van der Waals surface area (Å²) < 4.78 is 62.1. The summed E-state index contributed by atoms with van der Waals surface area (Å²) in [5.41, 5.74) is 0.133. The van der Waals surface area contributed by atoms with Crippen LogP contribution in [0.25, 0.3) is 16.8 Å². The number of methoxy groups -OCH3 is 1. The Morgan fingerprint density at radius 1 is 1.10 bits per heavy atom. The number of benzene rings is 2. The highest BCUT2D eigenvalue weighted by molar-refractivity contribution is 7.90. The van der Waals surface area contributed by atoms with E-state index >= 15 is 0 Å². The third kappa shape index (κ3) is 4.97. The molecule has 1 unspecified atom stereocenters. The van der Waals surface area contributed by atoms with Gasteiger partial charge in [0.2, 0.25) is 0 Å². The Bertz CT molecular complexity index is 1260. The van der Waals surface area contributed by atoms with Gasteiger partial charge in [0.1, 0.15) is 6.61 Å². The Labute approximate surface area is 177 Å². The summed E-state index contributed by atoms with van der Waals surface area (Å²) in [7, 11) is -1.90. The first kappa shape index (κ1) is 22.6. The zero-order valence-corrected chi connectivity index (χ0v) is 17.8. The molecule has 0 aliphatic rings. The maximum Gasteiger partial charge on any atom is 0.314 e. The van der Waals surface area contributed by atoms with Crippen LogP contribution in [0.2, 0.25) is 0 Å². The van der Waals surface area contributed by atoms with Crippen molar-refractivity contribution < 1.29 is 26.7 Å². The topological polar surface area (TPSA) is 87.5 Å². The lowest BCUT2D eigenvalue weighted by Crippen LogP contribution is -2.26. The molecule has 0 aliphatic carbocycles. The number of nitrogens with zero attached hydrogens (tertiary/aromatic N) is 2. The van der Waals surface area contributed by atoms with Gasteiger partial charge in [0.15, 0.2) is 27.2 Å². The third-order valence-electron chi connectivity index (χ3n) is 4.54. The van der Waals surface area contributed by atoms with Crippen molar-refractivity contribution in [2.75, 3.05) is 20.0 Å². The van der Waals surface area contributed by atoms with E-state index in [-0.39, 0.29) is 29.0 Å². The van der Waals surface area contributed by atoms with Crippen molar-refractivity contribution in [3.8, 4) is 22.6 Å². The first-order chi connectivity index (χ1) is 14.6. The van der Waals surface area contributed by atoms with Crippen molar-refractivity contribution in [3.63, 3.8) is 0 Å². The molecule has 1 aromatic heterocycles. The van der Waals surface area contributed by atoms with E-state index in [1.807, 2.05) is 0 Å². The summed E-state index contributed by atoms with van der Waals surface area (Å²) in [4.78, 5) is 13.2. The Morgan fingerprint density at radius 3 is 2.35 bits per heavy atom. The van der Waals surface area contributed by atoms with Gasteiger partial charge in [0.25, 0.3) is 0 Å². The van der Waals surface area contributed by atoms with Crippen LogP contribution in [-0.4, -0.2) is 44.3 Å². The fourth-order valence-electron chi connectivity index (χ4n) is 2.73. The molecular formula is C21H20F2N2O5S. The van der Waals surface area contributed by atoms with E-state index in [1.165, 1.54) is 43.6 Å². The molecule has 3 rings (SSSR count). The molecule has 10 heteroatoms. The van der Waals surface area contributed by atoms with Gasteiger partial charge >= 0.3 is 5.56 Å². The zero-order valence-electron chi connectivity index (χ0n) is 17.0. The van der Waals surface area contributed by atoms with Crippen LogP contribution in [0.15, 0.2) is 58.4 Å². The predicted octanol–water partition coefficient (Wildman–Crippen LogP) is 2.99. The van der Waals surface area contributed by atoms with Crippen molar-refractivity contribution in [3.05, 3.63) is 70.6 Å². The van der Waals surface area contributed by atoms with E-state index in [0.717, 1.165) is 23.1 Å². The fraction of sp³-hybridized carbons (Fsp3) is 0.238. The Morgan fingerprint density at radius 2 is 1.77 bits per heavy atom. The summed E-state index contributed by atoms with van der Waals surface area (Å²) in [5, 5.41) is 4.06. The first-order valence-corrected chi connectivity index (χ1v) is 11.0. The van der Waals surface area contributed by atoms with Gasteiger partial charge in [-0.15, -0.1) is 0 Å². The zero-order chi connectivity index (χ0) is 22.8. The van der Waals surface area contributed by atoms with Gasteiger partial charge in [-0.2, -0.15) is 9.78 Å². The minimum atomic E-state index is -3.39. The molecule has 2 aromatic carbocycles. The monoisotopic (exact) mass is 450 g/mol. The maximum atomic E-state index is 13.7. The van der Waals surface area contributed by atoms with Gasteiger partial charge in [0, 0.05) is 25.0 Å². The average molecular weight is 450 g/mol. The molecule has 0 spiro atoms. The molecule has 0 N–H and O–H groups in total. The van der Waals surface area contributed by atoms with Crippen LogP contribution in [0.4, 0.5) is 8.78 Å². The molecule has 0 radical (unpaired) electrons. The van der Waals surface area contributed by atoms with Crippen LogP contribution in [0.1, 0.15) is 6.92 Å². The van der Waals surface area contributed by atoms with Crippen molar-refractivity contribution in [2.45, 2.75) is 17.9 Å². The number of hydrogen-bond donors (Lipinski definition) is 0. The fourth-order valence-corrected chi connectivity index (χ4v) is 3.36. The van der Waals surface area contributed by atoms with Crippen LogP contribution in [0.3, 0.4) is 0 Å². The van der Waals surface area contributed by atoms with Crippen molar-refractivity contribution in [1.82, 2.24) is 9.78 Å². The third-order valence-corrected chi connectivity index (χ3v) is 5.67. The van der Waals surface area contributed by atoms with Crippen molar-refractivity contribution in [2.24, 2.45) is 0 Å². The quantitative estimate of drug-likeness (QED) is 0.550. The second-order valence-electron chi connectivity index (χ2n) is 6.86. The molecule has 0 aliphatic heterocycles. The van der Waals surface area contributed by atoms with Crippen molar-refractivity contribution in [1.29, 1.82) is 0 Å². The molecule has 1 heterocycles. The summed E-state index contributed by atoms with van der Waals surface area (Å²) in [6, 6.07) is 8.84. The summed E-state index contributed by atoms with van der Waals surface area (Å²) in [5.74, 6) is -2.26. The summed E-state index contributed by atoms with van der Waals surface area (Å²) >= 11 is 0. The van der Waals surface area contributed by atoms with Gasteiger partial charge < -0.3 is 9.47 Å². The highest BCUT2D eigenvalue weighted by Gasteiger charge is 2.18. The van der Waals surface area contributed by atoms with E-state index in [2.05, 4.69) is 5.10 Å². The molecule has 1 atom stereocenters. The molecule has 0 saturated heterocycles. The highest BCUT2D eigenvalue weighted by Crippen LogP contribution is 2.28. The second kappa shape index (κ2) is 8.94. The lowest BCUT2D eigenvalue weighted by Gasteiger charge is -2.16. The van der Waals surface area contributed by atoms with E-state index in [4.69, 9.17) is 9.47 Å². The van der Waals surface area contributed by atoms with Gasteiger partial charge in [-0.25, -0.2) is 17.2 Å². The lowest BCUT2D eigenvalue weighted by molar-refractivity contribution is 0.0711. The number of aromatic nitrogens is 2. The molecule has 164 valence electrons. The molecule has 0 fully saturated rings. The minimum absolute atomic E-state index is 0.0208. The molecule has 0 saturated carbocycles. The van der Waals surface area contributed by atoms with Gasteiger partial charge in [-0.1, -0.05) is 12.1 Å². The maximum absolute atomic E-state index is 13.7. The molecule has 0 amide bonds. The van der Waals surface area contributed by atoms with E-state index in [1.54, 1.807) is 6.92 Å². The minimum Gasteiger partial charge on any atom is -0.485 e. The van der Waals surface area contributed by atoms with Crippen molar-refractivity contribution >= 4 is 9.84 Å². The largest absolute Gasteiger partial charge is 0.485 e. The Balaban J connectivity index is 2.13. The molecule has 7 nitrogen and oxygen atoms in total. The first-order valence-electron chi connectivity index (χ1n) is 9.15. The molecule has 3 aromatic rings. The predicted molar refractivity (Wildman–Crippen MR) is 110 cm³/mol. The van der Waals surface area contributed by atoms with Crippen LogP contribution < -0.4 is 10.3 Å². The van der Waals surface area contributed by atoms with Crippen LogP contribution in [0.5, 0.6) is 5.75 Å². The molecule has 0 bridgehead atoms. The number of ether oxygens (including phenoxy) is 2. The van der Waals surface area contributed by atoms with Gasteiger partial charge in [0.05, 0.1) is 22.9 Å². The smallest absolute Gasteiger partial charge is 0.314 e. The highest BCUT2D eigenvalue weighted by atomic mass is 32.2. The molecule has 31 heavy (non-hydrogen) atoms. The summed E-state index contributed by atoms with van der Waals surface area (Å²) in [6.07, 6.45) is 2.10. The standard InChI is InChI=1S/C21H20F2N2O5S/c1-13(29-2)12-30-20-17(14-4-7-16(8-5-14)31(3,27)28)11-24-25(21(20)26)15-6-9-18(22)19(23)10-15/h4-11,13H,12H2,1-3H3. The molecular weight excluding hydrogens is 430 g/mol. The number of rotatable bonds is 7. The average Bonchev–Trinajstić information content (AvgIpc) is 2.74. The Hall–Kier alpha value is -3.11. The van der Waals surface area contributed by atoms with Gasteiger partial charge in [-0.05, 0) is 36.8 Å². The number of halogens is 2.